The summed E-state index contributed by atoms with van der Waals surface area (Å²) >= 11 is 9.71. The number of aromatic nitrogens is 3. The van der Waals surface area contributed by atoms with Crippen LogP contribution in [0.25, 0.3) is 11.0 Å². The van der Waals surface area contributed by atoms with Gasteiger partial charge in [-0.05, 0) is 32.0 Å². The lowest BCUT2D eigenvalue weighted by molar-refractivity contribution is 0.372. The Morgan fingerprint density at radius 1 is 1.40 bits per heavy atom. The van der Waals surface area contributed by atoms with Crippen molar-refractivity contribution in [1.82, 2.24) is 14.7 Å². The number of fused-ring (bicyclic) bond motifs is 1. The van der Waals surface area contributed by atoms with E-state index in [-0.39, 0.29) is 5.38 Å². The summed E-state index contributed by atoms with van der Waals surface area (Å²) in [7, 11) is 0. The molecule has 3 aromatic rings. The van der Waals surface area contributed by atoms with Gasteiger partial charge in [-0.3, -0.25) is 0 Å². The van der Waals surface area contributed by atoms with Gasteiger partial charge in [0.1, 0.15) is 5.82 Å². The number of benzene rings is 1. The first kappa shape index (κ1) is 13.6. The number of aryl methyl sites for hydroxylation is 1. The highest BCUT2D eigenvalue weighted by atomic mass is 79.9. The van der Waals surface area contributed by atoms with Gasteiger partial charge in [0.2, 0.25) is 0 Å². The van der Waals surface area contributed by atoms with Crippen molar-refractivity contribution in [2.75, 3.05) is 0 Å². The van der Waals surface area contributed by atoms with Crippen molar-refractivity contribution in [2.45, 2.75) is 25.8 Å². The smallest absolute Gasteiger partial charge is 0.156 e. The molecule has 0 saturated heterocycles. The number of hydrogen-bond acceptors (Lipinski definition) is 3. The molecule has 0 bridgehead atoms. The first-order valence-electron chi connectivity index (χ1n) is 6.26. The van der Waals surface area contributed by atoms with Gasteiger partial charge in [-0.25, -0.2) is 4.98 Å². The van der Waals surface area contributed by atoms with E-state index in [9.17, 15) is 0 Å². The van der Waals surface area contributed by atoms with Crippen molar-refractivity contribution in [3.8, 4) is 0 Å². The first-order valence-corrected chi connectivity index (χ1v) is 7.49. The molecule has 3 rings (SSSR count). The Morgan fingerprint density at radius 2 is 2.20 bits per heavy atom. The van der Waals surface area contributed by atoms with Crippen molar-refractivity contribution in [3.63, 3.8) is 0 Å². The average molecular weight is 355 g/mol. The van der Waals surface area contributed by atoms with Gasteiger partial charge in [-0.1, -0.05) is 21.1 Å². The summed E-state index contributed by atoms with van der Waals surface area (Å²) in [6.45, 7) is 4.40. The summed E-state index contributed by atoms with van der Waals surface area (Å²) in [6, 6.07) is 7.93. The van der Waals surface area contributed by atoms with Crippen LogP contribution < -0.4 is 0 Å². The van der Waals surface area contributed by atoms with E-state index in [2.05, 4.69) is 30.6 Å². The lowest BCUT2D eigenvalue weighted by Crippen LogP contribution is -2.05. The number of imidazole rings is 1. The van der Waals surface area contributed by atoms with Gasteiger partial charge in [0.05, 0.1) is 28.6 Å². The van der Waals surface area contributed by atoms with E-state index in [4.69, 9.17) is 16.1 Å². The van der Waals surface area contributed by atoms with E-state index in [1.165, 1.54) is 0 Å². The second-order valence-electron chi connectivity index (χ2n) is 4.74. The Morgan fingerprint density at radius 3 is 2.85 bits per heavy atom. The number of alkyl halides is 1. The van der Waals surface area contributed by atoms with Crippen molar-refractivity contribution in [3.05, 3.63) is 46.0 Å². The molecule has 0 aliphatic rings. The highest BCUT2D eigenvalue weighted by Gasteiger charge is 2.16. The fourth-order valence-corrected chi connectivity index (χ4v) is 2.75. The molecule has 0 aliphatic heterocycles. The fourth-order valence-electron chi connectivity index (χ4n) is 2.24. The molecule has 2 heterocycles. The summed E-state index contributed by atoms with van der Waals surface area (Å²) in [5.74, 6) is 1.62. The highest BCUT2D eigenvalue weighted by molar-refractivity contribution is 9.10. The molecule has 0 aliphatic carbocycles. The Hall–Kier alpha value is -1.33. The molecule has 0 amide bonds. The molecule has 0 saturated carbocycles. The Kier molecular flexibility index (Phi) is 3.56. The zero-order valence-corrected chi connectivity index (χ0v) is 13.4. The van der Waals surface area contributed by atoms with Crippen LogP contribution in [0.15, 0.2) is 33.3 Å². The van der Waals surface area contributed by atoms with Gasteiger partial charge < -0.3 is 9.09 Å². The second kappa shape index (κ2) is 5.22. The second-order valence-corrected chi connectivity index (χ2v) is 6.31. The standard InChI is InChI=1S/C14H13BrClN3O/c1-8-5-11(20-18-8)7-19-13-4-3-10(15)6-12(13)17-14(19)9(2)16/h3-6,9H,7H2,1-2H3. The predicted octanol–water partition coefficient (Wildman–Crippen LogP) is 4.44. The first-order chi connectivity index (χ1) is 9.54. The van der Waals surface area contributed by atoms with Crippen LogP contribution in [0.3, 0.4) is 0 Å². The van der Waals surface area contributed by atoms with Crippen molar-refractivity contribution in [1.29, 1.82) is 0 Å². The van der Waals surface area contributed by atoms with Crippen LogP contribution in [-0.4, -0.2) is 14.7 Å². The van der Waals surface area contributed by atoms with Gasteiger partial charge in [-0.2, -0.15) is 0 Å². The van der Waals surface area contributed by atoms with Crippen LogP contribution in [-0.2, 0) is 6.54 Å². The van der Waals surface area contributed by atoms with Gasteiger partial charge in [0.25, 0.3) is 0 Å². The maximum Gasteiger partial charge on any atom is 0.156 e. The van der Waals surface area contributed by atoms with Crippen molar-refractivity contribution < 1.29 is 4.52 Å². The molecule has 2 aromatic heterocycles. The zero-order valence-electron chi connectivity index (χ0n) is 11.1. The fraction of sp³-hybridized carbons (Fsp3) is 0.286. The van der Waals surface area contributed by atoms with Gasteiger partial charge in [-0.15, -0.1) is 11.6 Å². The molecule has 1 atom stereocenters. The lowest BCUT2D eigenvalue weighted by Gasteiger charge is -2.08. The van der Waals surface area contributed by atoms with E-state index in [1.807, 2.05) is 38.1 Å². The molecule has 1 unspecified atom stereocenters. The number of halogens is 2. The van der Waals surface area contributed by atoms with Crippen LogP contribution >= 0.6 is 27.5 Å². The predicted molar refractivity (Wildman–Crippen MR) is 82.0 cm³/mol. The Balaban J connectivity index is 2.13. The van der Waals surface area contributed by atoms with Gasteiger partial charge in [0.15, 0.2) is 5.76 Å². The summed E-state index contributed by atoms with van der Waals surface area (Å²) in [6.07, 6.45) is 0. The Bertz CT molecular complexity index is 763. The van der Waals surface area contributed by atoms with Crippen LogP contribution in [0.4, 0.5) is 0 Å². The third kappa shape index (κ3) is 2.47. The van der Waals surface area contributed by atoms with Crippen molar-refractivity contribution >= 4 is 38.6 Å². The monoisotopic (exact) mass is 353 g/mol. The molecule has 6 heteroatoms. The third-order valence-corrected chi connectivity index (χ3v) is 3.77. The minimum Gasteiger partial charge on any atom is -0.359 e. The van der Waals surface area contributed by atoms with Crippen LogP contribution in [0.2, 0.25) is 0 Å². The molecular weight excluding hydrogens is 342 g/mol. The van der Waals surface area contributed by atoms with Crippen LogP contribution in [0.1, 0.15) is 29.6 Å². The van der Waals surface area contributed by atoms with E-state index < -0.39 is 0 Å². The number of rotatable bonds is 3. The molecule has 0 N–H and O–H groups in total. The van der Waals surface area contributed by atoms with Gasteiger partial charge >= 0.3 is 0 Å². The summed E-state index contributed by atoms with van der Waals surface area (Å²) in [4.78, 5) is 4.61. The molecule has 0 radical (unpaired) electrons. The summed E-state index contributed by atoms with van der Waals surface area (Å²) in [5, 5.41) is 3.74. The topological polar surface area (TPSA) is 43.9 Å². The molecule has 4 nitrogen and oxygen atoms in total. The molecule has 1 aromatic carbocycles. The minimum atomic E-state index is -0.176. The number of hydrogen-bond donors (Lipinski definition) is 0. The molecule has 104 valence electrons. The number of nitrogens with zero attached hydrogens (tertiary/aromatic N) is 3. The Labute approximate surface area is 129 Å². The summed E-state index contributed by atoms with van der Waals surface area (Å²) in [5.41, 5.74) is 2.82. The largest absolute Gasteiger partial charge is 0.359 e. The third-order valence-electron chi connectivity index (χ3n) is 3.09. The average Bonchev–Trinajstić information content (AvgIpc) is 2.94. The quantitative estimate of drug-likeness (QED) is 0.653. The molecule has 20 heavy (non-hydrogen) atoms. The van der Waals surface area contributed by atoms with E-state index >= 15 is 0 Å². The van der Waals surface area contributed by atoms with Crippen LogP contribution in [0.5, 0.6) is 0 Å². The molecule has 0 fully saturated rings. The van der Waals surface area contributed by atoms with Gasteiger partial charge in [0, 0.05) is 10.5 Å². The molecular formula is C14H13BrClN3O. The molecule has 0 spiro atoms. The normalized spacial score (nSPS) is 13.0. The lowest BCUT2D eigenvalue weighted by atomic mass is 10.3. The van der Waals surface area contributed by atoms with E-state index in [1.54, 1.807) is 0 Å². The summed E-state index contributed by atoms with van der Waals surface area (Å²) < 4.78 is 8.36. The van der Waals surface area contributed by atoms with E-state index in [0.29, 0.717) is 6.54 Å². The van der Waals surface area contributed by atoms with E-state index in [0.717, 1.165) is 32.8 Å². The maximum atomic E-state index is 6.25. The van der Waals surface area contributed by atoms with Crippen LogP contribution in [0, 0.1) is 6.92 Å². The van der Waals surface area contributed by atoms with Crippen molar-refractivity contribution in [2.24, 2.45) is 0 Å². The maximum absolute atomic E-state index is 6.25. The highest BCUT2D eigenvalue weighted by Crippen LogP contribution is 2.27. The zero-order chi connectivity index (χ0) is 14.3. The minimum absolute atomic E-state index is 0.176. The SMILES string of the molecule is Cc1cc(Cn2c(C(C)Cl)nc3cc(Br)ccc32)on1.